The quantitative estimate of drug-likeness (QED) is 0.567. The van der Waals surface area contributed by atoms with E-state index in [1.54, 1.807) is 6.92 Å². The molecule has 0 unspecified atom stereocenters. The first-order chi connectivity index (χ1) is 14.1. The van der Waals surface area contributed by atoms with Crippen LogP contribution in [-0.2, 0) is 4.79 Å². The first-order valence-corrected chi connectivity index (χ1v) is 10.1. The van der Waals surface area contributed by atoms with E-state index < -0.39 is 0 Å². The van der Waals surface area contributed by atoms with Gasteiger partial charge >= 0.3 is 0 Å². The monoisotopic (exact) mass is 386 g/mol. The van der Waals surface area contributed by atoms with E-state index in [0.717, 1.165) is 30.2 Å². The Labute approximate surface area is 172 Å². The molecule has 2 aromatic carbocycles. The number of anilines is 1. The summed E-state index contributed by atoms with van der Waals surface area (Å²) < 4.78 is 6.07. The van der Waals surface area contributed by atoms with Gasteiger partial charge in [-0.2, -0.15) is 0 Å². The number of benzene rings is 2. The molecule has 0 aliphatic carbocycles. The third-order valence-corrected chi connectivity index (χ3v) is 5.37. The summed E-state index contributed by atoms with van der Waals surface area (Å²) in [6.07, 6.45) is 2.68. The van der Waals surface area contributed by atoms with Gasteiger partial charge in [0.05, 0.1) is 13.1 Å². The Morgan fingerprint density at radius 2 is 1.76 bits per heavy atom. The minimum absolute atomic E-state index is 0.172. The fourth-order valence-corrected chi connectivity index (χ4v) is 3.69. The Morgan fingerprint density at radius 3 is 2.38 bits per heavy atom. The molecule has 0 bridgehead atoms. The normalized spacial score (nSPS) is 14.9. The van der Waals surface area contributed by atoms with Crippen molar-refractivity contribution < 1.29 is 9.53 Å². The molecule has 4 nitrogen and oxygen atoms in total. The van der Waals surface area contributed by atoms with Gasteiger partial charge in [-0.1, -0.05) is 49.4 Å². The molecule has 148 valence electrons. The lowest BCUT2D eigenvalue weighted by Crippen LogP contribution is -2.54. The minimum Gasteiger partial charge on any atom is -0.487 e. The zero-order valence-corrected chi connectivity index (χ0v) is 16.9. The molecule has 0 amide bonds. The molecule has 4 rings (SSSR count). The number of Topliss-reactive ketones (excluding diaryl/α,β-unsaturated/α-hetero) is 1. The molecule has 0 N–H and O–H groups in total. The molecule has 0 saturated carbocycles. The Balaban J connectivity index is 1.29. The van der Waals surface area contributed by atoms with E-state index in [-0.39, 0.29) is 17.8 Å². The number of carbonyl (C=O) groups is 1. The SMILES string of the molecule is CC(=O)C[C@@H](C)c1ccc(OC2CN(c3ccc(-c4ccccc4)cn3)C2)cc1. The zero-order chi connectivity index (χ0) is 20.2. The highest BCUT2D eigenvalue weighted by Crippen LogP contribution is 2.27. The molecule has 1 saturated heterocycles. The van der Waals surface area contributed by atoms with Gasteiger partial charge in [0.15, 0.2) is 0 Å². The van der Waals surface area contributed by atoms with E-state index in [4.69, 9.17) is 4.74 Å². The topological polar surface area (TPSA) is 42.4 Å². The van der Waals surface area contributed by atoms with Crippen molar-refractivity contribution in [3.63, 3.8) is 0 Å². The van der Waals surface area contributed by atoms with Crippen molar-refractivity contribution in [1.29, 1.82) is 0 Å². The lowest BCUT2D eigenvalue weighted by atomic mass is 9.96. The molecular formula is C25H26N2O2. The molecule has 1 fully saturated rings. The number of ketones is 1. The predicted molar refractivity (Wildman–Crippen MR) is 116 cm³/mol. The second-order valence-corrected chi connectivity index (χ2v) is 7.79. The molecule has 2 heterocycles. The smallest absolute Gasteiger partial charge is 0.134 e. The van der Waals surface area contributed by atoms with Crippen molar-refractivity contribution in [2.45, 2.75) is 32.3 Å². The minimum atomic E-state index is 0.172. The lowest BCUT2D eigenvalue weighted by molar-refractivity contribution is -0.117. The summed E-state index contributed by atoms with van der Waals surface area (Å²) >= 11 is 0. The maximum atomic E-state index is 11.3. The van der Waals surface area contributed by atoms with Crippen molar-refractivity contribution in [3.05, 3.63) is 78.5 Å². The summed E-state index contributed by atoms with van der Waals surface area (Å²) in [6.45, 7) is 5.39. The van der Waals surface area contributed by atoms with Crippen LogP contribution in [0.25, 0.3) is 11.1 Å². The molecule has 4 heteroatoms. The molecule has 1 aromatic heterocycles. The summed E-state index contributed by atoms with van der Waals surface area (Å²) in [5.74, 6) is 2.32. The molecule has 3 aromatic rings. The van der Waals surface area contributed by atoms with Crippen LogP contribution in [0.5, 0.6) is 5.75 Å². The van der Waals surface area contributed by atoms with Crippen LogP contribution in [0.2, 0.25) is 0 Å². The number of rotatable bonds is 7. The van der Waals surface area contributed by atoms with E-state index in [0.29, 0.717) is 6.42 Å². The molecule has 1 atom stereocenters. The zero-order valence-electron chi connectivity index (χ0n) is 16.9. The average Bonchev–Trinajstić information content (AvgIpc) is 2.71. The van der Waals surface area contributed by atoms with Gasteiger partial charge in [0.2, 0.25) is 0 Å². The van der Waals surface area contributed by atoms with Crippen LogP contribution in [0.15, 0.2) is 72.9 Å². The highest BCUT2D eigenvalue weighted by molar-refractivity contribution is 5.76. The van der Waals surface area contributed by atoms with Crippen LogP contribution in [0.4, 0.5) is 5.82 Å². The van der Waals surface area contributed by atoms with E-state index >= 15 is 0 Å². The highest BCUT2D eigenvalue weighted by Gasteiger charge is 2.29. The van der Waals surface area contributed by atoms with Crippen molar-refractivity contribution in [3.8, 4) is 16.9 Å². The summed E-state index contributed by atoms with van der Waals surface area (Å²) in [5.41, 5.74) is 3.48. The van der Waals surface area contributed by atoms with Crippen molar-refractivity contribution in [1.82, 2.24) is 4.98 Å². The maximum absolute atomic E-state index is 11.3. The van der Waals surface area contributed by atoms with Crippen molar-refractivity contribution >= 4 is 11.6 Å². The van der Waals surface area contributed by atoms with Crippen LogP contribution >= 0.6 is 0 Å². The molecular weight excluding hydrogens is 360 g/mol. The standard InChI is InChI=1S/C25H26N2O2/c1-18(14-19(2)28)20-8-11-23(12-9-20)29-24-16-27(17-24)25-13-10-22(15-26-25)21-6-4-3-5-7-21/h3-13,15,18,24H,14,16-17H2,1-2H3/t18-/m1/s1. The molecule has 1 aliphatic heterocycles. The molecule has 0 spiro atoms. The van der Waals surface area contributed by atoms with E-state index in [9.17, 15) is 4.79 Å². The highest BCUT2D eigenvalue weighted by atomic mass is 16.5. The Bertz CT molecular complexity index is 946. The van der Waals surface area contributed by atoms with Gasteiger partial charge in [0, 0.05) is 18.2 Å². The van der Waals surface area contributed by atoms with Crippen LogP contribution in [0.3, 0.4) is 0 Å². The first kappa shape index (κ1) is 19.2. The van der Waals surface area contributed by atoms with Gasteiger partial charge in [-0.15, -0.1) is 0 Å². The van der Waals surface area contributed by atoms with E-state index in [1.165, 1.54) is 11.1 Å². The van der Waals surface area contributed by atoms with Gasteiger partial charge in [-0.3, -0.25) is 0 Å². The number of aromatic nitrogens is 1. The van der Waals surface area contributed by atoms with Crippen LogP contribution in [0, 0.1) is 0 Å². The maximum Gasteiger partial charge on any atom is 0.134 e. The lowest BCUT2D eigenvalue weighted by Gasteiger charge is -2.39. The second-order valence-electron chi connectivity index (χ2n) is 7.79. The van der Waals surface area contributed by atoms with Crippen LogP contribution in [0.1, 0.15) is 31.7 Å². The number of hydrogen-bond acceptors (Lipinski definition) is 4. The van der Waals surface area contributed by atoms with Gasteiger partial charge in [-0.25, -0.2) is 4.98 Å². The van der Waals surface area contributed by atoms with Gasteiger partial charge < -0.3 is 14.4 Å². The van der Waals surface area contributed by atoms with Crippen LogP contribution < -0.4 is 9.64 Å². The molecule has 29 heavy (non-hydrogen) atoms. The summed E-state index contributed by atoms with van der Waals surface area (Å²) in [6, 6.07) is 22.6. The van der Waals surface area contributed by atoms with E-state index in [1.807, 2.05) is 36.5 Å². The van der Waals surface area contributed by atoms with Gasteiger partial charge in [-0.05, 0) is 48.2 Å². The third kappa shape index (κ3) is 4.65. The van der Waals surface area contributed by atoms with E-state index in [2.05, 4.69) is 53.2 Å². The Hall–Kier alpha value is -3.14. The summed E-state index contributed by atoms with van der Waals surface area (Å²) in [7, 11) is 0. The third-order valence-electron chi connectivity index (χ3n) is 5.37. The fourth-order valence-electron chi connectivity index (χ4n) is 3.69. The van der Waals surface area contributed by atoms with Crippen molar-refractivity contribution in [2.24, 2.45) is 0 Å². The second kappa shape index (κ2) is 8.48. The number of pyridine rings is 1. The molecule has 0 radical (unpaired) electrons. The number of hydrogen-bond donors (Lipinski definition) is 0. The number of nitrogens with zero attached hydrogens (tertiary/aromatic N) is 2. The number of ether oxygens (including phenoxy) is 1. The van der Waals surface area contributed by atoms with Gasteiger partial charge in [0.1, 0.15) is 23.5 Å². The van der Waals surface area contributed by atoms with Crippen molar-refractivity contribution in [2.75, 3.05) is 18.0 Å². The summed E-state index contributed by atoms with van der Waals surface area (Å²) in [4.78, 5) is 18.1. The predicted octanol–water partition coefficient (Wildman–Crippen LogP) is 5.10. The largest absolute Gasteiger partial charge is 0.487 e. The fraction of sp³-hybridized carbons (Fsp3) is 0.280. The molecule has 1 aliphatic rings. The average molecular weight is 386 g/mol. The first-order valence-electron chi connectivity index (χ1n) is 10.1. The Kier molecular flexibility index (Phi) is 5.61. The van der Waals surface area contributed by atoms with Crippen LogP contribution in [-0.4, -0.2) is 30.0 Å². The number of carbonyl (C=O) groups excluding carboxylic acids is 1. The Morgan fingerprint density at radius 1 is 1.03 bits per heavy atom. The van der Waals surface area contributed by atoms with Gasteiger partial charge in [0.25, 0.3) is 0 Å². The summed E-state index contributed by atoms with van der Waals surface area (Å²) in [5, 5.41) is 0.